The number of fused-ring (bicyclic) bond motifs is 1. The zero-order valence-electron chi connectivity index (χ0n) is 13.6. The van der Waals surface area contributed by atoms with Crippen molar-refractivity contribution in [2.24, 2.45) is 0 Å². The van der Waals surface area contributed by atoms with Crippen molar-refractivity contribution in [2.45, 2.75) is 38.6 Å². The fourth-order valence-corrected chi connectivity index (χ4v) is 3.25. The minimum Gasteiger partial charge on any atom is -0.349 e. The van der Waals surface area contributed by atoms with Crippen LogP contribution in [0.1, 0.15) is 41.6 Å². The first-order valence-corrected chi connectivity index (χ1v) is 8.18. The maximum atomic E-state index is 12.3. The fraction of sp³-hybridized carbons (Fsp3) is 0.316. The lowest BCUT2D eigenvalue weighted by Gasteiger charge is -2.15. The number of para-hydroxylation sites is 1. The Morgan fingerprint density at radius 1 is 1.21 bits per heavy atom. The van der Waals surface area contributed by atoms with Gasteiger partial charge in [-0.2, -0.15) is 0 Å². The average molecular weight is 324 g/mol. The van der Waals surface area contributed by atoms with E-state index in [0.29, 0.717) is 5.56 Å². The first kappa shape index (κ1) is 16.2. The van der Waals surface area contributed by atoms with E-state index in [0.717, 1.165) is 18.4 Å². The van der Waals surface area contributed by atoms with E-state index in [1.807, 2.05) is 6.92 Å². The Bertz CT molecular complexity index is 786. The minimum absolute atomic E-state index is 0.00638. The van der Waals surface area contributed by atoms with Gasteiger partial charge in [-0.15, -0.1) is 0 Å². The predicted octanol–water partition coefficient (Wildman–Crippen LogP) is 3.50. The number of carbonyl (C=O) groups excluding carboxylic acids is 1. The van der Waals surface area contributed by atoms with Crippen molar-refractivity contribution in [2.75, 3.05) is 0 Å². The van der Waals surface area contributed by atoms with E-state index in [2.05, 4.69) is 23.5 Å². The Kier molecular flexibility index (Phi) is 4.60. The van der Waals surface area contributed by atoms with E-state index >= 15 is 0 Å². The van der Waals surface area contributed by atoms with Crippen molar-refractivity contribution in [1.29, 1.82) is 0 Å². The van der Waals surface area contributed by atoms with Crippen LogP contribution in [0.25, 0.3) is 0 Å². The van der Waals surface area contributed by atoms with Gasteiger partial charge in [0.2, 0.25) is 5.91 Å². The summed E-state index contributed by atoms with van der Waals surface area (Å²) in [5.74, 6) is -0.211. The van der Waals surface area contributed by atoms with Crippen LogP contribution in [0.5, 0.6) is 0 Å². The van der Waals surface area contributed by atoms with Crippen molar-refractivity contribution in [1.82, 2.24) is 5.32 Å². The van der Waals surface area contributed by atoms with E-state index in [1.165, 1.54) is 23.6 Å². The van der Waals surface area contributed by atoms with Crippen molar-refractivity contribution in [3.05, 3.63) is 74.8 Å². The minimum atomic E-state index is -0.452. The molecular weight excluding hydrogens is 304 g/mol. The number of carbonyl (C=O) groups is 1. The molecule has 0 aromatic heterocycles. The standard InChI is InChI=1S/C19H20N2O3/c1-13(15-10-9-14-6-4-7-16(14)11-15)20-19(22)12-17-5-2-3-8-18(17)21(23)24/h2-3,5,8-11,13H,4,6-7,12H2,1H3,(H,20,22). The molecule has 0 aliphatic heterocycles. The van der Waals surface area contributed by atoms with E-state index in [4.69, 9.17) is 0 Å². The third-order valence-electron chi connectivity index (χ3n) is 4.54. The summed E-state index contributed by atoms with van der Waals surface area (Å²) in [5, 5.41) is 14.0. The van der Waals surface area contributed by atoms with Crippen LogP contribution in [0.3, 0.4) is 0 Å². The molecule has 0 radical (unpaired) electrons. The Morgan fingerprint density at radius 2 is 1.96 bits per heavy atom. The third-order valence-corrected chi connectivity index (χ3v) is 4.54. The Labute approximate surface area is 140 Å². The number of nitrogens with zero attached hydrogens (tertiary/aromatic N) is 1. The Morgan fingerprint density at radius 3 is 2.75 bits per heavy atom. The number of aryl methyl sites for hydroxylation is 2. The number of nitro groups is 1. The molecule has 3 rings (SSSR count). The highest BCUT2D eigenvalue weighted by Gasteiger charge is 2.18. The van der Waals surface area contributed by atoms with Crippen LogP contribution in [0.2, 0.25) is 0 Å². The molecule has 5 heteroatoms. The summed E-state index contributed by atoms with van der Waals surface area (Å²) in [6.07, 6.45) is 3.43. The van der Waals surface area contributed by atoms with Crippen molar-refractivity contribution >= 4 is 11.6 Å². The highest BCUT2D eigenvalue weighted by molar-refractivity contribution is 5.80. The highest BCUT2D eigenvalue weighted by Crippen LogP contribution is 2.25. The maximum absolute atomic E-state index is 12.3. The zero-order valence-corrected chi connectivity index (χ0v) is 13.6. The summed E-state index contributed by atoms with van der Waals surface area (Å²) >= 11 is 0. The molecule has 0 heterocycles. The molecule has 124 valence electrons. The van der Waals surface area contributed by atoms with Gasteiger partial charge in [-0.1, -0.05) is 36.4 Å². The first-order valence-electron chi connectivity index (χ1n) is 8.18. The van der Waals surface area contributed by atoms with E-state index in [1.54, 1.807) is 18.2 Å². The molecule has 2 aromatic rings. The number of benzene rings is 2. The predicted molar refractivity (Wildman–Crippen MR) is 91.8 cm³/mol. The summed E-state index contributed by atoms with van der Waals surface area (Å²) in [6.45, 7) is 1.94. The van der Waals surface area contributed by atoms with Crippen LogP contribution < -0.4 is 5.32 Å². The van der Waals surface area contributed by atoms with Crippen LogP contribution in [0, 0.1) is 10.1 Å². The van der Waals surface area contributed by atoms with E-state index < -0.39 is 4.92 Å². The number of rotatable bonds is 5. The van der Waals surface area contributed by atoms with Gasteiger partial charge in [0.25, 0.3) is 5.69 Å². The number of nitro benzene ring substituents is 1. The van der Waals surface area contributed by atoms with E-state index in [9.17, 15) is 14.9 Å². The number of hydrogen-bond acceptors (Lipinski definition) is 3. The quantitative estimate of drug-likeness (QED) is 0.676. The Hall–Kier alpha value is -2.69. The summed E-state index contributed by atoms with van der Waals surface area (Å²) in [6, 6.07) is 12.6. The molecule has 1 amide bonds. The summed E-state index contributed by atoms with van der Waals surface area (Å²) in [5.41, 5.74) is 4.26. The van der Waals surface area contributed by atoms with Gasteiger partial charge in [0.15, 0.2) is 0 Å². The second kappa shape index (κ2) is 6.83. The molecule has 0 saturated carbocycles. The lowest BCUT2D eigenvalue weighted by Crippen LogP contribution is -2.28. The Balaban J connectivity index is 1.68. The molecule has 5 nitrogen and oxygen atoms in total. The molecule has 1 unspecified atom stereocenters. The highest BCUT2D eigenvalue weighted by atomic mass is 16.6. The molecule has 2 aromatic carbocycles. The molecule has 0 bridgehead atoms. The smallest absolute Gasteiger partial charge is 0.273 e. The van der Waals surface area contributed by atoms with Crippen LogP contribution >= 0.6 is 0 Å². The van der Waals surface area contributed by atoms with Crippen LogP contribution in [0.4, 0.5) is 5.69 Å². The second-order valence-electron chi connectivity index (χ2n) is 6.23. The van der Waals surface area contributed by atoms with Gasteiger partial charge < -0.3 is 5.32 Å². The van der Waals surface area contributed by atoms with Gasteiger partial charge in [-0.3, -0.25) is 14.9 Å². The molecule has 0 saturated heterocycles. The van der Waals surface area contributed by atoms with Gasteiger partial charge in [-0.05, 0) is 42.9 Å². The molecule has 1 atom stereocenters. The van der Waals surface area contributed by atoms with Crippen molar-refractivity contribution in [3.63, 3.8) is 0 Å². The lowest BCUT2D eigenvalue weighted by molar-refractivity contribution is -0.385. The maximum Gasteiger partial charge on any atom is 0.273 e. The fourth-order valence-electron chi connectivity index (χ4n) is 3.25. The van der Waals surface area contributed by atoms with E-state index in [-0.39, 0.29) is 24.1 Å². The molecule has 1 aliphatic rings. The average Bonchev–Trinajstić information content (AvgIpc) is 3.02. The van der Waals surface area contributed by atoms with Gasteiger partial charge in [0.1, 0.15) is 0 Å². The molecule has 0 spiro atoms. The van der Waals surface area contributed by atoms with Crippen molar-refractivity contribution < 1.29 is 9.72 Å². The lowest BCUT2D eigenvalue weighted by atomic mass is 10.0. The van der Waals surface area contributed by atoms with Gasteiger partial charge in [-0.25, -0.2) is 0 Å². The third kappa shape index (κ3) is 3.45. The van der Waals surface area contributed by atoms with Crippen LogP contribution in [-0.2, 0) is 24.1 Å². The topological polar surface area (TPSA) is 72.2 Å². The largest absolute Gasteiger partial charge is 0.349 e. The summed E-state index contributed by atoms with van der Waals surface area (Å²) in [7, 11) is 0. The van der Waals surface area contributed by atoms with Crippen molar-refractivity contribution in [3.8, 4) is 0 Å². The molecule has 1 N–H and O–H groups in total. The summed E-state index contributed by atoms with van der Waals surface area (Å²) < 4.78 is 0. The molecule has 1 aliphatic carbocycles. The van der Waals surface area contributed by atoms with Gasteiger partial charge in [0.05, 0.1) is 17.4 Å². The van der Waals surface area contributed by atoms with Gasteiger partial charge in [0, 0.05) is 11.6 Å². The summed E-state index contributed by atoms with van der Waals surface area (Å²) in [4.78, 5) is 22.8. The monoisotopic (exact) mass is 324 g/mol. The normalized spacial score (nSPS) is 14.0. The van der Waals surface area contributed by atoms with Gasteiger partial charge >= 0.3 is 0 Å². The number of hydrogen-bond donors (Lipinski definition) is 1. The second-order valence-corrected chi connectivity index (χ2v) is 6.23. The SMILES string of the molecule is CC(NC(=O)Cc1ccccc1[N+](=O)[O-])c1ccc2c(c1)CCC2. The van der Waals surface area contributed by atoms with Crippen LogP contribution in [-0.4, -0.2) is 10.8 Å². The zero-order chi connectivity index (χ0) is 17.1. The molecule has 24 heavy (non-hydrogen) atoms. The van der Waals surface area contributed by atoms with Crippen LogP contribution in [0.15, 0.2) is 42.5 Å². The molecule has 0 fully saturated rings. The first-order chi connectivity index (χ1) is 11.5. The molecular formula is C19H20N2O3. The number of amides is 1. The number of nitrogens with one attached hydrogen (secondary N) is 1.